The van der Waals surface area contributed by atoms with Crippen LogP contribution in [-0.2, 0) is 0 Å². The number of hydrogen-bond acceptors (Lipinski definition) is 7. The molecular formula is C23H18N6O3. The number of aryl methyl sites for hydroxylation is 1. The number of aromatic carboxylic acids is 1. The number of carboxylic acids is 1. The van der Waals surface area contributed by atoms with Crippen LogP contribution in [0.15, 0.2) is 61.2 Å². The molecule has 0 aliphatic rings. The molecule has 0 amide bonds. The van der Waals surface area contributed by atoms with Crippen molar-refractivity contribution in [1.82, 2.24) is 19.5 Å². The van der Waals surface area contributed by atoms with Crippen LogP contribution in [0.3, 0.4) is 0 Å². The number of benzene rings is 2. The van der Waals surface area contributed by atoms with Crippen molar-refractivity contribution in [2.24, 2.45) is 0 Å². The fourth-order valence-electron chi connectivity index (χ4n) is 3.21. The van der Waals surface area contributed by atoms with E-state index in [1.54, 1.807) is 43.8 Å². The minimum Gasteiger partial charge on any atom is -0.494 e. The van der Waals surface area contributed by atoms with E-state index in [0.717, 1.165) is 11.4 Å². The molecule has 2 aromatic heterocycles. The summed E-state index contributed by atoms with van der Waals surface area (Å²) < 4.78 is 7.38. The Morgan fingerprint density at radius 1 is 1.22 bits per heavy atom. The number of anilines is 2. The molecule has 32 heavy (non-hydrogen) atoms. The van der Waals surface area contributed by atoms with Gasteiger partial charge in [0.05, 0.1) is 42.1 Å². The maximum absolute atomic E-state index is 11.7. The van der Waals surface area contributed by atoms with Gasteiger partial charge in [0.1, 0.15) is 11.3 Å². The second-order valence-corrected chi connectivity index (χ2v) is 6.89. The minimum absolute atomic E-state index is 0.0611. The molecule has 9 heteroatoms. The molecule has 0 fully saturated rings. The summed E-state index contributed by atoms with van der Waals surface area (Å²) >= 11 is 0. The van der Waals surface area contributed by atoms with Crippen LogP contribution in [-0.4, -0.2) is 37.7 Å². The van der Waals surface area contributed by atoms with Crippen molar-refractivity contribution in [3.63, 3.8) is 0 Å². The lowest BCUT2D eigenvalue weighted by Gasteiger charge is -2.13. The van der Waals surface area contributed by atoms with Crippen molar-refractivity contribution in [2.75, 3.05) is 12.4 Å². The number of rotatable bonds is 6. The fourth-order valence-corrected chi connectivity index (χ4v) is 3.21. The van der Waals surface area contributed by atoms with Crippen LogP contribution in [0.2, 0.25) is 0 Å². The highest BCUT2D eigenvalue weighted by Crippen LogP contribution is 2.29. The average molecular weight is 426 g/mol. The van der Waals surface area contributed by atoms with Crippen molar-refractivity contribution in [3.8, 4) is 28.8 Å². The molecular weight excluding hydrogens is 408 g/mol. The standard InChI is InChI=1S/C23H18N6O3/c1-14-12-29(13-26-14)19-7-6-17(9-20(19)32-2)27-23-25-11-18(22(30)31)21(28-23)16-5-3-4-15(8-16)10-24/h3-9,11-13H,1-2H3,(H,30,31)(H,25,27,28). The minimum atomic E-state index is -1.16. The van der Waals surface area contributed by atoms with E-state index >= 15 is 0 Å². The van der Waals surface area contributed by atoms with Crippen LogP contribution in [0.1, 0.15) is 21.6 Å². The van der Waals surface area contributed by atoms with Gasteiger partial charge in [0.25, 0.3) is 0 Å². The number of hydrogen-bond donors (Lipinski definition) is 2. The maximum atomic E-state index is 11.7. The summed E-state index contributed by atoms with van der Waals surface area (Å²) in [6, 6.07) is 14.1. The zero-order chi connectivity index (χ0) is 22.7. The molecule has 0 bridgehead atoms. The van der Waals surface area contributed by atoms with E-state index in [9.17, 15) is 9.90 Å². The summed E-state index contributed by atoms with van der Waals surface area (Å²) in [5.74, 6) is -0.340. The summed E-state index contributed by atoms with van der Waals surface area (Å²) in [7, 11) is 1.57. The van der Waals surface area contributed by atoms with Crippen LogP contribution in [0.5, 0.6) is 5.75 Å². The predicted octanol–water partition coefficient (Wildman–Crippen LogP) is 3.96. The number of carbonyl (C=O) groups is 1. The Bertz CT molecular complexity index is 1360. The Hall–Kier alpha value is -4.71. The lowest BCUT2D eigenvalue weighted by atomic mass is 10.0. The van der Waals surface area contributed by atoms with E-state index in [1.807, 2.05) is 35.9 Å². The molecule has 0 spiro atoms. The van der Waals surface area contributed by atoms with E-state index in [0.29, 0.717) is 22.6 Å². The average Bonchev–Trinajstić information content (AvgIpc) is 3.24. The van der Waals surface area contributed by atoms with Crippen LogP contribution >= 0.6 is 0 Å². The Morgan fingerprint density at radius 3 is 2.75 bits per heavy atom. The maximum Gasteiger partial charge on any atom is 0.339 e. The van der Waals surface area contributed by atoms with Gasteiger partial charge in [-0.3, -0.25) is 0 Å². The van der Waals surface area contributed by atoms with Gasteiger partial charge in [-0.05, 0) is 31.2 Å². The van der Waals surface area contributed by atoms with Gasteiger partial charge < -0.3 is 19.7 Å². The van der Waals surface area contributed by atoms with Gasteiger partial charge in [-0.15, -0.1) is 0 Å². The normalized spacial score (nSPS) is 10.4. The Balaban J connectivity index is 1.70. The number of ether oxygens (including phenoxy) is 1. The van der Waals surface area contributed by atoms with Crippen molar-refractivity contribution >= 4 is 17.6 Å². The smallest absolute Gasteiger partial charge is 0.339 e. The molecule has 0 saturated heterocycles. The first-order chi connectivity index (χ1) is 15.5. The van der Waals surface area contributed by atoms with E-state index in [-0.39, 0.29) is 17.2 Å². The number of imidazole rings is 1. The zero-order valence-electron chi connectivity index (χ0n) is 17.3. The molecule has 0 saturated carbocycles. The van der Waals surface area contributed by atoms with Crippen molar-refractivity contribution in [1.29, 1.82) is 5.26 Å². The molecule has 4 rings (SSSR count). The lowest BCUT2D eigenvalue weighted by Crippen LogP contribution is -2.06. The predicted molar refractivity (Wildman–Crippen MR) is 117 cm³/mol. The quantitative estimate of drug-likeness (QED) is 0.474. The first-order valence-corrected chi connectivity index (χ1v) is 9.55. The van der Waals surface area contributed by atoms with Gasteiger partial charge in [-0.1, -0.05) is 12.1 Å². The van der Waals surface area contributed by atoms with Gasteiger partial charge in [0.2, 0.25) is 5.95 Å². The van der Waals surface area contributed by atoms with Gasteiger partial charge in [-0.2, -0.15) is 5.26 Å². The third-order valence-corrected chi connectivity index (χ3v) is 4.71. The summed E-state index contributed by atoms with van der Waals surface area (Å²) in [5.41, 5.74) is 3.42. The van der Waals surface area contributed by atoms with E-state index in [2.05, 4.69) is 20.3 Å². The van der Waals surface area contributed by atoms with Gasteiger partial charge in [-0.25, -0.2) is 19.7 Å². The SMILES string of the molecule is COc1cc(Nc2ncc(C(=O)O)c(-c3cccc(C#N)c3)n2)ccc1-n1cnc(C)c1. The second kappa shape index (κ2) is 8.57. The van der Waals surface area contributed by atoms with Gasteiger partial charge in [0.15, 0.2) is 0 Å². The number of aromatic nitrogens is 4. The summed E-state index contributed by atoms with van der Waals surface area (Å²) in [5, 5.41) is 21.8. The highest BCUT2D eigenvalue weighted by molar-refractivity contribution is 5.94. The summed E-state index contributed by atoms with van der Waals surface area (Å²) in [6.45, 7) is 1.90. The van der Waals surface area contributed by atoms with E-state index in [1.165, 1.54) is 6.20 Å². The fraction of sp³-hybridized carbons (Fsp3) is 0.0870. The lowest BCUT2D eigenvalue weighted by molar-refractivity contribution is 0.0697. The monoisotopic (exact) mass is 426 g/mol. The van der Waals surface area contributed by atoms with Crippen LogP contribution in [0.25, 0.3) is 16.9 Å². The van der Waals surface area contributed by atoms with E-state index in [4.69, 9.17) is 10.00 Å². The first-order valence-electron chi connectivity index (χ1n) is 9.55. The van der Waals surface area contributed by atoms with Gasteiger partial charge >= 0.3 is 5.97 Å². The summed E-state index contributed by atoms with van der Waals surface area (Å²) in [6.07, 6.45) is 4.84. The molecule has 0 atom stereocenters. The highest BCUT2D eigenvalue weighted by atomic mass is 16.5. The Kier molecular flexibility index (Phi) is 5.51. The molecule has 2 N–H and O–H groups in total. The molecule has 0 aliphatic carbocycles. The van der Waals surface area contributed by atoms with Crippen LogP contribution in [0.4, 0.5) is 11.6 Å². The number of nitrogens with one attached hydrogen (secondary N) is 1. The molecule has 4 aromatic rings. The van der Waals surface area contributed by atoms with Gasteiger partial charge in [0, 0.05) is 29.7 Å². The number of nitriles is 1. The molecule has 0 radical (unpaired) electrons. The molecule has 2 aromatic carbocycles. The third kappa shape index (κ3) is 4.11. The zero-order valence-corrected chi connectivity index (χ0v) is 17.3. The molecule has 9 nitrogen and oxygen atoms in total. The topological polar surface area (TPSA) is 126 Å². The number of methoxy groups -OCH3 is 1. The molecule has 158 valence electrons. The van der Waals surface area contributed by atoms with Crippen molar-refractivity contribution < 1.29 is 14.6 Å². The number of carboxylic acid groups (broad SMARTS) is 1. The van der Waals surface area contributed by atoms with E-state index < -0.39 is 5.97 Å². The highest BCUT2D eigenvalue weighted by Gasteiger charge is 2.16. The van der Waals surface area contributed by atoms with Crippen molar-refractivity contribution in [2.45, 2.75) is 6.92 Å². The van der Waals surface area contributed by atoms with Crippen LogP contribution < -0.4 is 10.1 Å². The van der Waals surface area contributed by atoms with Crippen LogP contribution in [0, 0.1) is 18.3 Å². The first kappa shape index (κ1) is 20.6. The Labute approximate surface area is 183 Å². The summed E-state index contributed by atoms with van der Waals surface area (Å²) in [4.78, 5) is 24.5. The Morgan fingerprint density at radius 2 is 2.06 bits per heavy atom. The largest absolute Gasteiger partial charge is 0.494 e. The van der Waals surface area contributed by atoms with Crippen molar-refractivity contribution in [3.05, 3.63) is 78.0 Å². The molecule has 2 heterocycles. The second-order valence-electron chi connectivity index (χ2n) is 6.89. The third-order valence-electron chi connectivity index (χ3n) is 4.71. The molecule has 0 aliphatic heterocycles. The number of nitrogens with zero attached hydrogens (tertiary/aromatic N) is 5. The molecule has 0 unspecified atom stereocenters.